The van der Waals surface area contributed by atoms with Gasteiger partial charge in [-0.2, -0.15) is 0 Å². The van der Waals surface area contributed by atoms with Gasteiger partial charge in [0.25, 0.3) is 5.56 Å². The van der Waals surface area contributed by atoms with E-state index in [1.165, 1.54) is 0 Å². The Balaban J connectivity index is 2.01. The van der Waals surface area contributed by atoms with Gasteiger partial charge in [0.15, 0.2) is 0 Å². The Morgan fingerprint density at radius 2 is 1.89 bits per heavy atom. The highest BCUT2D eigenvalue weighted by Crippen LogP contribution is 2.43. The molecular formula is C22H20N2O4. The Bertz CT molecular complexity index is 1130. The molecule has 2 heterocycles. The van der Waals surface area contributed by atoms with Crippen molar-refractivity contribution in [1.82, 2.24) is 4.98 Å². The number of pyridine rings is 1. The van der Waals surface area contributed by atoms with Crippen LogP contribution in [0.3, 0.4) is 0 Å². The third kappa shape index (κ3) is 2.87. The second-order valence-corrected chi connectivity index (χ2v) is 6.83. The van der Waals surface area contributed by atoms with Crippen molar-refractivity contribution in [2.24, 2.45) is 5.92 Å². The number of esters is 1. The Morgan fingerprint density at radius 3 is 2.61 bits per heavy atom. The molecule has 0 spiro atoms. The van der Waals surface area contributed by atoms with Crippen molar-refractivity contribution in [2.45, 2.75) is 19.8 Å². The van der Waals surface area contributed by atoms with Gasteiger partial charge in [-0.05, 0) is 31.5 Å². The highest BCUT2D eigenvalue weighted by molar-refractivity contribution is 6.02. The first-order valence-electron chi connectivity index (χ1n) is 9.15. The van der Waals surface area contributed by atoms with E-state index in [1.54, 1.807) is 13.0 Å². The number of aromatic nitrogens is 1. The van der Waals surface area contributed by atoms with E-state index in [0.717, 1.165) is 11.1 Å². The summed E-state index contributed by atoms with van der Waals surface area (Å²) in [7, 11) is 0. The molecule has 6 heteroatoms. The van der Waals surface area contributed by atoms with E-state index >= 15 is 0 Å². The molecule has 0 radical (unpaired) electrons. The minimum Gasteiger partial charge on any atom is -0.465 e. The summed E-state index contributed by atoms with van der Waals surface area (Å²) in [5.74, 6) is -2.14. The van der Waals surface area contributed by atoms with Crippen molar-refractivity contribution in [3.63, 3.8) is 0 Å². The summed E-state index contributed by atoms with van der Waals surface area (Å²) in [6.07, 6.45) is 0. The third-order valence-corrected chi connectivity index (χ3v) is 5.02. The van der Waals surface area contributed by atoms with E-state index < -0.39 is 17.8 Å². The monoisotopic (exact) mass is 376 g/mol. The number of aryl methyl sites for hydroxylation is 1. The number of hydrogen-bond donors (Lipinski definition) is 2. The van der Waals surface area contributed by atoms with Crippen LogP contribution in [0.4, 0.5) is 0 Å². The number of benzene rings is 2. The second kappa shape index (κ2) is 6.96. The summed E-state index contributed by atoms with van der Waals surface area (Å²) in [6.45, 7) is 3.86. The van der Waals surface area contributed by atoms with Gasteiger partial charge in [-0.1, -0.05) is 42.0 Å². The molecular weight excluding hydrogens is 356 g/mol. The molecule has 4 rings (SSSR count). The van der Waals surface area contributed by atoms with Gasteiger partial charge in [0.2, 0.25) is 5.90 Å². The fourth-order valence-electron chi connectivity index (χ4n) is 3.72. The average molecular weight is 376 g/mol. The molecule has 28 heavy (non-hydrogen) atoms. The fourth-order valence-corrected chi connectivity index (χ4v) is 3.72. The van der Waals surface area contributed by atoms with Crippen LogP contribution in [0, 0.1) is 18.3 Å². The fraction of sp³-hybridized carbons (Fsp3) is 0.227. The molecule has 2 atom stereocenters. The van der Waals surface area contributed by atoms with Crippen LogP contribution in [-0.2, 0) is 9.53 Å². The Hall–Kier alpha value is -3.41. The summed E-state index contributed by atoms with van der Waals surface area (Å²) in [4.78, 5) is 28.6. The van der Waals surface area contributed by atoms with Crippen LogP contribution in [-0.4, -0.2) is 23.5 Å². The van der Waals surface area contributed by atoms with Gasteiger partial charge in [0.05, 0.1) is 17.7 Å². The van der Waals surface area contributed by atoms with Crippen LogP contribution in [0.1, 0.15) is 29.5 Å². The van der Waals surface area contributed by atoms with Crippen LogP contribution >= 0.6 is 0 Å². The standard InChI is InChI=1S/C22H20N2O4/c1-3-27-22(26)18-16(13-10-8-12(2)9-11-13)17-19(28-20(18)23)14-6-4-5-7-15(14)24-21(17)25/h4-11,16,18,23H,3H2,1-2H3,(H,24,25). The molecule has 2 N–H and O–H groups in total. The molecule has 0 saturated carbocycles. The van der Waals surface area contributed by atoms with Gasteiger partial charge in [-0.25, -0.2) is 0 Å². The number of H-pyrrole nitrogens is 1. The predicted octanol–water partition coefficient (Wildman–Crippen LogP) is 3.52. The normalized spacial score (nSPS) is 18.4. The molecule has 0 saturated heterocycles. The number of carbonyl (C=O) groups is 1. The lowest BCUT2D eigenvalue weighted by atomic mass is 9.78. The molecule has 1 aromatic heterocycles. The topological polar surface area (TPSA) is 92.2 Å². The maximum Gasteiger partial charge on any atom is 0.319 e. The van der Waals surface area contributed by atoms with Gasteiger partial charge in [-0.3, -0.25) is 15.0 Å². The minimum atomic E-state index is -1.02. The summed E-state index contributed by atoms with van der Waals surface area (Å²) < 4.78 is 10.9. The number of aromatic amines is 1. The molecule has 1 aliphatic rings. The number of hydrogen-bond acceptors (Lipinski definition) is 5. The molecule has 0 amide bonds. The van der Waals surface area contributed by atoms with Crippen molar-refractivity contribution < 1.29 is 14.3 Å². The zero-order valence-electron chi connectivity index (χ0n) is 15.6. The van der Waals surface area contributed by atoms with Crippen LogP contribution in [0.15, 0.2) is 53.3 Å². The lowest BCUT2D eigenvalue weighted by molar-refractivity contribution is -0.146. The number of carbonyl (C=O) groups excluding carboxylic acids is 1. The van der Waals surface area contributed by atoms with Crippen molar-refractivity contribution >= 4 is 22.8 Å². The number of nitrogens with one attached hydrogen (secondary N) is 2. The number of rotatable bonds is 3. The molecule has 3 aromatic rings. The average Bonchev–Trinajstić information content (AvgIpc) is 2.68. The van der Waals surface area contributed by atoms with E-state index in [0.29, 0.717) is 22.2 Å². The molecule has 0 fully saturated rings. The van der Waals surface area contributed by atoms with Gasteiger partial charge >= 0.3 is 5.97 Å². The largest absolute Gasteiger partial charge is 0.465 e. The van der Waals surface area contributed by atoms with Gasteiger partial charge in [-0.15, -0.1) is 0 Å². The van der Waals surface area contributed by atoms with Crippen LogP contribution in [0.5, 0.6) is 5.75 Å². The smallest absolute Gasteiger partial charge is 0.319 e. The van der Waals surface area contributed by atoms with Crippen molar-refractivity contribution in [1.29, 1.82) is 5.41 Å². The summed E-state index contributed by atoms with van der Waals surface area (Å²) >= 11 is 0. The highest BCUT2D eigenvalue weighted by atomic mass is 16.5. The van der Waals surface area contributed by atoms with E-state index in [9.17, 15) is 9.59 Å². The second-order valence-electron chi connectivity index (χ2n) is 6.83. The quantitative estimate of drug-likeness (QED) is 0.684. The van der Waals surface area contributed by atoms with Crippen molar-refractivity contribution in [2.75, 3.05) is 6.61 Å². The summed E-state index contributed by atoms with van der Waals surface area (Å²) in [5.41, 5.74) is 2.46. The van der Waals surface area contributed by atoms with Crippen LogP contribution < -0.4 is 10.3 Å². The SMILES string of the molecule is CCOC(=O)C1C(=N)Oc2c(c(=O)[nH]c3ccccc23)C1c1ccc(C)cc1. The summed E-state index contributed by atoms with van der Waals surface area (Å²) in [5, 5.41) is 9.11. The Labute approximate surface area is 161 Å². The number of fused-ring (bicyclic) bond motifs is 3. The molecule has 0 bridgehead atoms. The van der Waals surface area contributed by atoms with E-state index in [2.05, 4.69) is 4.98 Å². The van der Waals surface area contributed by atoms with Crippen molar-refractivity contribution in [3.8, 4) is 5.75 Å². The minimum absolute atomic E-state index is 0.185. The van der Waals surface area contributed by atoms with Gasteiger partial charge < -0.3 is 14.5 Å². The van der Waals surface area contributed by atoms with E-state index in [-0.39, 0.29) is 18.1 Å². The lowest BCUT2D eigenvalue weighted by Crippen LogP contribution is -2.41. The Morgan fingerprint density at radius 1 is 1.18 bits per heavy atom. The first kappa shape index (κ1) is 18.0. The maximum absolute atomic E-state index is 13.0. The number of ether oxygens (including phenoxy) is 2. The molecule has 2 unspecified atom stereocenters. The first-order chi connectivity index (χ1) is 13.5. The molecule has 142 valence electrons. The van der Waals surface area contributed by atoms with E-state index in [4.69, 9.17) is 14.9 Å². The predicted molar refractivity (Wildman–Crippen MR) is 106 cm³/mol. The third-order valence-electron chi connectivity index (χ3n) is 5.02. The zero-order chi connectivity index (χ0) is 19.8. The van der Waals surface area contributed by atoms with Crippen LogP contribution in [0.25, 0.3) is 10.9 Å². The first-order valence-corrected chi connectivity index (χ1v) is 9.15. The van der Waals surface area contributed by atoms with Gasteiger partial charge in [0, 0.05) is 11.3 Å². The molecule has 6 nitrogen and oxygen atoms in total. The molecule has 0 aliphatic carbocycles. The summed E-state index contributed by atoms with van der Waals surface area (Å²) in [6, 6.07) is 14.9. The highest BCUT2D eigenvalue weighted by Gasteiger charge is 2.44. The number of para-hydroxylation sites is 1. The maximum atomic E-state index is 13.0. The zero-order valence-corrected chi connectivity index (χ0v) is 15.6. The van der Waals surface area contributed by atoms with E-state index in [1.807, 2.05) is 49.4 Å². The Kier molecular flexibility index (Phi) is 4.47. The molecule has 1 aliphatic heterocycles. The van der Waals surface area contributed by atoms with Crippen molar-refractivity contribution in [3.05, 3.63) is 75.6 Å². The lowest BCUT2D eigenvalue weighted by Gasteiger charge is -2.32. The van der Waals surface area contributed by atoms with Gasteiger partial charge in [0.1, 0.15) is 11.7 Å². The van der Waals surface area contributed by atoms with Crippen LogP contribution in [0.2, 0.25) is 0 Å². The molecule has 2 aromatic carbocycles.